The second kappa shape index (κ2) is 4.93. The predicted octanol–water partition coefficient (Wildman–Crippen LogP) is 3.38. The Hall–Kier alpha value is -0.830. The topological polar surface area (TPSA) is 21.1 Å². The van der Waals surface area contributed by atoms with Crippen LogP contribution in [0, 0.1) is 17.8 Å². The number of hydrogen-bond acceptors (Lipinski definition) is 2. The van der Waals surface area contributed by atoms with Gasteiger partial charge < -0.3 is 4.57 Å². The van der Waals surface area contributed by atoms with Crippen LogP contribution in [0.4, 0.5) is 0 Å². The van der Waals surface area contributed by atoms with Gasteiger partial charge in [-0.25, -0.2) is 4.98 Å². The van der Waals surface area contributed by atoms with Crippen molar-refractivity contribution in [3.05, 3.63) is 17.7 Å². The number of imidazole rings is 1. The minimum absolute atomic E-state index is 0.402. The number of nitrogens with zero attached hydrogens (tertiary/aromatic N) is 3. The first-order chi connectivity index (χ1) is 8.73. The van der Waals surface area contributed by atoms with E-state index >= 15 is 0 Å². The van der Waals surface area contributed by atoms with Crippen molar-refractivity contribution >= 4 is 0 Å². The van der Waals surface area contributed by atoms with Crippen LogP contribution in [0.5, 0.6) is 0 Å². The number of aryl methyl sites for hydroxylation is 1. The van der Waals surface area contributed by atoms with Crippen molar-refractivity contribution in [2.75, 3.05) is 13.1 Å². The van der Waals surface area contributed by atoms with Crippen molar-refractivity contribution in [3.63, 3.8) is 0 Å². The quantitative estimate of drug-likeness (QED) is 0.815. The molecule has 0 unspecified atom stereocenters. The lowest BCUT2D eigenvalue weighted by Crippen LogP contribution is -2.44. The summed E-state index contributed by atoms with van der Waals surface area (Å²) in [6, 6.07) is 0. The lowest BCUT2D eigenvalue weighted by Gasteiger charge is -2.47. The van der Waals surface area contributed by atoms with Crippen LogP contribution < -0.4 is 0 Å². The molecule has 2 rings (SSSR count). The molecule has 0 N–H and O–H groups in total. The fourth-order valence-electron chi connectivity index (χ4n) is 2.85. The van der Waals surface area contributed by atoms with Gasteiger partial charge in [0.1, 0.15) is 5.82 Å². The van der Waals surface area contributed by atoms with Crippen LogP contribution in [0.2, 0.25) is 0 Å². The van der Waals surface area contributed by atoms with Crippen LogP contribution in [0.3, 0.4) is 0 Å². The van der Waals surface area contributed by atoms with Crippen molar-refractivity contribution in [1.29, 1.82) is 0 Å². The summed E-state index contributed by atoms with van der Waals surface area (Å²) >= 11 is 0. The summed E-state index contributed by atoms with van der Waals surface area (Å²) in [6.07, 6.45) is 4.55. The Morgan fingerprint density at radius 2 is 1.84 bits per heavy atom. The first-order valence-corrected chi connectivity index (χ1v) is 7.42. The maximum absolute atomic E-state index is 4.52. The minimum Gasteiger partial charge on any atom is -0.334 e. The normalized spacial score (nSPS) is 20.7. The predicted molar refractivity (Wildman–Crippen MR) is 80.0 cm³/mol. The lowest BCUT2D eigenvalue weighted by molar-refractivity contribution is 0.0187. The Labute approximate surface area is 118 Å². The van der Waals surface area contributed by atoms with Crippen LogP contribution >= 0.6 is 0 Å². The number of piperidine rings is 1. The molecule has 1 aromatic heterocycles. The van der Waals surface area contributed by atoms with Crippen molar-refractivity contribution < 1.29 is 0 Å². The highest BCUT2D eigenvalue weighted by Gasteiger charge is 2.39. The highest BCUT2D eigenvalue weighted by atomic mass is 15.2. The molecule has 0 aromatic carbocycles. The Morgan fingerprint density at radius 3 is 2.26 bits per heavy atom. The van der Waals surface area contributed by atoms with Gasteiger partial charge in [-0.2, -0.15) is 0 Å². The summed E-state index contributed by atoms with van der Waals surface area (Å²) in [5.41, 5.74) is 2.12. The van der Waals surface area contributed by atoms with Crippen molar-refractivity contribution in [3.8, 4) is 0 Å². The molecular weight excluding hydrogens is 234 g/mol. The van der Waals surface area contributed by atoms with Gasteiger partial charge in [-0.15, -0.1) is 0 Å². The van der Waals surface area contributed by atoms with Gasteiger partial charge >= 0.3 is 0 Å². The fraction of sp³-hybridized carbons (Fsp3) is 0.812. The molecule has 0 atom stereocenters. The number of aromatic nitrogens is 2. The van der Waals surface area contributed by atoms with Gasteiger partial charge in [0.25, 0.3) is 0 Å². The molecule has 0 amide bonds. The maximum atomic E-state index is 4.52. The molecule has 0 bridgehead atoms. The molecule has 0 radical (unpaired) electrons. The molecule has 3 nitrogen and oxygen atoms in total. The lowest BCUT2D eigenvalue weighted by atomic mass is 9.63. The highest BCUT2D eigenvalue weighted by molar-refractivity contribution is 5.03. The molecule has 0 spiro atoms. The van der Waals surface area contributed by atoms with Crippen molar-refractivity contribution in [2.45, 2.75) is 54.0 Å². The molecule has 1 aliphatic heterocycles. The second-order valence-corrected chi connectivity index (χ2v) is 7.46. The molecule has 3 heteroatoms. The zero-order valence-corrected chi connectivity index (χ0v) is 13.5. The summed E-state index contributed by atoms with van der Waals surface area (Å²) in [7, 11) is 2.11. The summed E-state index contributed by atoms with van der Waals surface area (Å²) in [5, 5.41) is 0. The first kappa shape index (κ1) is 14.6. The SMILES string of the molecule is Cc1cnc(CN2CCC(C)(C(C)(C)C)CC2)n1C. The largest absolute Gasteiger partial charge is 0.334 e. The molecule has 1 aliphatic rings. The summed E-state index contributed by atoms with van der Waals surface area (Å²) in [5.74, 6) is 1.19. The number of rotatable bonds is 2. The zero-order valence-electron chi connectivity index (χ0n) is 13.5. The smallest absolute Gasteiger partial charge is 0.122 e. The maximum Gasteiger partial charge on any atom is 0.122 e. The number of likely N-dealkylation sites (tertiary alicyclic amines) is 1. The molecule has 1 saturated heterocycles. The number of hydrogen-bond donors (Lipinski definition) is 0. The standard InChI is InChI=1S/C16H29N3/c1-13-11-17-14(18(13)6)12-19-9-7-16(5,8-10-19)15(2,3)4/h11H,7-10,12H2,1-6H3. The minimum atomic E-state index is 0.402. The summed E-state index contributed by atoms with van der Waals surface area (Å²) in [6.45, 7) is 15.1. The monoisotopic (exact) mass is 263 g/mol. The van der Waals surface area contributed by atoms with Crippen LogP contribution in [-0.2, 0) is 13.6 Å². The molecule has 0 aliphatic carbocycles. The van der Waals surface area contributed by atoms with Gasteiger partial charge in [0.2, 0.25) is 0 Å². The second-order valence-electron chi connectivity index (χ2n) is 7.46. The van der Waals surface area contributed by atoms with E-state index in [-0.39, 0.29) is 0 Å². The Morgan fingerprint density at radius 1 is 1.26 bits per heavy atom. The van der Waals surface area contributed by atoms with E-state index in [4.69, 9.17) is 0 Å². The van der Waals surface area contributed by atoms with Crippen molar-refractivity contribution in [1.82, 2.24) is 14.5 Å². The summed E-state index contributed by atoms with van der Waals surface area (Å²) < 4.78 is 2.21. The Kier molecular flexibility index (Phi) is 3.78. The van der Waals surface area contributed by atoms with Gasteiger partial charge in [-0.1, -0.05) is 27.7 Å². The van der Waals surface area contributed by atoms with E-state index in [0.29, 0.717) is 10.8 Å². The van der Waals surface area contributed by atoms with E-state index in [0.717, 1.165) is 6.54 Å². The molecule has 1 aromatic rings. The van der Waals surface area contributed by atoms with E-state index in [2.05, 4.69) is 56.1 Å². The molecule has 1 fully saturated rings. The third kappa shape index (κ3) is 2.86. The van der Waals surface area contributed by atoms with Gasteiger partial charge in [0.15, 0.2) is 0 Å². The van der Waals surface area contributed by atoms with Crippen LogP contribution in [0.1, 0.15) is 52.1 Å². The van der Waals surface area contributed by atoms with Crippen LogP contribution in [0.15, 0.2) is 6.20 Å². The van der Waals surface area contributed by atoms with Crippen LogP contribution in [0.25, 0.3) is 0 Å². The van der Waals surface area contributed by atoms with Gasteiger partial charge in [-0.05, 0) is 43.7 Å². The Bertz CT molecular complexity index is 431. The van der Waals surface area contributed by atoms with E-state index in [1.54, 1.807) is 0 Å². The molecule has 108 valence electrons. The van der Waals surface area contributed by atoms with E-state index in [1.165, 1.54) is 37.4 Å². The van der Waals surface area contributed by atoms with Gasteiger partial charge in [0.05, 0.1) is 6.54 Å². The third-order valence-corrected chi connectivity index (χ3v) is 5.45. The average molecular weight is 263 g/mol. The zero-order chi connectivity index (χ0) is 14.3. The van der Waals surface area contributed by atoms with Crippen LogP contribution in [-0.4, -0.2) is 27.5 Å². The molecule has 2 heterocycles. The average Bonchev–Trinajstić information content (AvgIpc) is 2.63. The molecule has 19 heavy (non-hydrogen) atoms. The third-order valence-electron chi connectivity index (χ3n) is 5.45. The van der Waals surface area contributed by atoms with Gasteiger partial charge in [-0.3, -0.25) is 4.90 Å². The Balaban J connectivity index is 1.96. The summed E-state index contributed by atoms with van der Waals surface area (Å²) in [4.78, 5) is 7.07. The van der Waals surface area contributed by atoms with E-state index in [1.807, 2.05) is 6.20 Å². The van der Waals surface area contributed by atoms with E-state index < -0.39 is 0 Å². The molecular formula is C16H29N3. The van der Waals surface area contributed by atoms with Crippen molar-refractivity contribution in [2.24, 2.45) is 17.9 Å². The van der Waals surface area contributed by atoms with Gasteiger partial charge in [0, 0.05) is 18.9 Å². The highest BCUT2D eigenvalue weighted by Crippen LogP contribution is 2.46. The first-order valence-electron chi connectivity index (χ1n) is 7.42. The fourth-order valence-corrected chi connectivity index (χ4v) is 2.85. The van der Waals surface area contributed by atoms with E-state index in [9.17, 15) is 0 Å². The molecule has 0 saturated carbocycles.